The van der Waals surface area contributed by atoms with Crippen LogP contribution in [0, 0.1) is 10.1 Å². The Morgan fingerprint density at radius 2 is 2.11 bits per heavy atom. The number of pyridine rings is 1. The van der Waals surface area contributed by atoms with Gasteiger partial charge < -0.3 is 5.11 Å². The molecule has 0 aliphatic heterocycles. The predicted molar refractivity (Wildman–Crippen MR) is 70.8 cm³/mol. The van der Waals surface area contributed by atoms with Gasteiger partial charge in [-0.15, -0.1) is 0 Å². The van der Waals surface area contributed by atoms with E-state index in [0.717, 1.165) is 11.8 Å². The summed E-state index contributed by atoms with van der Waals surface area (Å²) in [6, 6.07) is 8.01. The molecule has 1 N–H and O–H groups in total. The average Bonchev–Trinajstić information content (AvgIpc) is 2.34. The summed E-state index contributed by atoms with van der Waals surface area (Å²) in [7, 11) is 0. The van der Waals surface area contributed by atoms with Gasteiger partial charge in [0.2, 0.25) is 0 Å². The number of halogens is 1. The zero-order valence-electron chi connectivity index (χ0n) is 8.91. The second-order valence-corrected chi connectivity index (χ2v) is 5.25. The van der Waals surface area contributed by atoms with Gasteiger partial charge in [-0.3, -0.25) is 10.1 Å². The van der Waals surface area contributed by atoms with Crippen molar-refractivity contribution in [3.8, 4) is 5.75 Å². The van der Waals surface area contributed by atoms with Gasteiger partial charge in [0.05, 0.1) is 9.82 Å². The molecular formula is C11H7BrN2O3S. The Labute approximate surface area is 115 Å². The molecule has 0 spiro atoms. The molecule has 0 saturated carbocycles. The molecule has 92 valence electrons. The van der Waals surface area contributed by atoms with Gasteiger partial charge in [0.25, 0.3) is 0 Å². The van der Waals surface area contributed by atoms with E-state index in [4.69, 9.17) is 0 Å². The van der Waals surface area contributed by atoms with E-state index < -0.39 is 4.92 Å². The fourth-order valence-corrected chi connectivity index (χ4v) is 2.46. The number of rotatable bonds is 3. The van der Waals surface area contributed by atoms with Crippen molar-refractivity contribution in [3.05, 3.63) is 51.1 Å². The summed E-state index contributed by atoms with van der Waals surface area (Å²) in [5, 5.41) is 20.8. The van der Waals surface area contributed by atoms with Gasteiger partial charge in [0, 0.05) is 16.7 Å². The average molecular weight is 327 g/mol. The van der Waals surface area contributed by atoms with Crippen molar-refractivity contribution in [2.75, 3.05) is 0 Å². The van der Waals surface area contributed by atoms with Crippen molar-refractivity contribution in [1.82, 2.24) is 4.98 Å². The number of hydrogen-bond donors (Lipinski definition) is 1. The number of benzene rings is 1. The van der Waals surface area contributed by atoms with Gasteiger partial charge in [-0.2, -0.15) is 0 Å². The Morgan fingerprint density at radius 1 is 1.39 bits per heavy atom. The lowest BCUT2D eigenvalue weighted by Gasteiger charge is -2.04. The molecule has 1 aromatic carbocycles. The molecule has 0 aliphatic carbocycles. The van der Waals surface area contributed by atoms with Crippen LogP contribution in [0.25, 0.3) is 0 Å². The number of aromatic hydroxyl groups is 1. The van der Waals surface area contributed by atoms with Crippen LogP contribution in [0.4, 0.5) is 5.69 Å². The third-order valence-corrected chi connectivity index (χ3v) is 3.57. The number of phenolic OH excluding ortho intramolecular Hbond substituents is 1. The number of nitro groups is 1. The minimum absolute atomic E-state index is 0.0708. The standard InChI is InChI=1S/C11H7BrN2O3S/c12-7-5-8(14(16)17)11(13-6-7)18-10-4-2-1-3-9(10)15/h1-6,15H. The van der Waals surface area contributed by atoms with Gasteiger partial charge in [-0.1, -0.05) is 23.9 Å². The molecule has 2 aromatic rings. The lowest BCUT2D eigenvalue weighted by molar-refractivity contribution is -0.388. The van der Waals surface area contributed by atoms with Crippen molar-refractivity contribution in [2.45, 2.75) is 9.92 Å². The highest BCUT2D eigenvalue weighted by atomic mass is 79.9. The lowest BCUT2D eigenvalue weighted by Crippen LogP contribution is -1.93. The summed E-state index contributed by atoms with van der Waals surface area (Å²) in [5.41, 5.74) is -0.0994. The maximum atomic E-state index is 10.9. The van der Waals surface area contributed by atoms with Gasteiger partial charge >= 0.3 is 5.69 Å². The number of para-hydroxylation sites is 1. The fourth-order valence-electron chi connectivity index (χ4n) is 1.27. The molecule has 1 aromatic heterocycles. The van der Waals surface area contributed by atoms with Crippen molar-refractivity contribution in [3.63, 3.8) is 0 Å². The Bertz CT molecular complexity index is 607. The summed E-state index contributed by atoms with van der Waals surface area (Å²) in [5.74, 6) is 0.0708. The lowest BCUT2D eigenvalue weighted by atomic mass is 10.3. The maximum Gasteiger partial charge on any atom is 0.302 e. The Hall–Kier alpha value is -1.60. The number of hydrogen-bond acceptors (Lipinski definition) is 5. The summed E-state index contributed by atoms with van der Waals surface area (Å²) in [6.45, 7) is 0. The highest BCUT2D eigenvalue weighted by molar-refractivity contribution is 9.10. The van der Waals surface area contributed by atoms with E-state index in [1.165, 1.54) is 18.3 Å². The minimum Gasteiger partial charge on any atom is -0.507 e. The highest BCUT2D eigenvalue weighted by Crippen LogP contribution is 2.38. The van der Waals surface area contributed by atoms with Crippen LogP contribution in [0.2, 0.25) is 0 Å². The monoisotopic (exact) mass is 326 g/mol. The second kappa shape index (κ2) is 5.36. The topological polar surface area (TPSA) is 76.3 Å². The Balaban J connectivity index is 2.41. The SMILES string of the molecule is O=[N+]([O-])c1cc(Br)cnc1Sc1ccccc1O. The smallest absolute Gasteiger partial charge is 0.302 e. The van der Waals surface area contributed by atoms with Crippen LogP contribution in [-0.2, 0) is 0 Å². The van der Waals surface area contributed by atoms with Crippen LogP contribution in [0.15, 0.2) is 50.9 Å². The number of phenols is 1. The van der Waals surface area contributed by atoms with Crippen LogP contribution >= 0.6 is 27.7 Å². The van der Waals surface area contributed by atoms with E-state index in [9.17, 15) is 15.2 Å². The quantitative estimate of drug-likeness (QED) is 0.688. The zero-order valence-corrected chi connectivity index (χ0v) is 11.3. The van der Waals surface area contributed by atoms with E-state index in [1.807, 2.05) is 0 Å². The number of nitrogens with zero attached hydrogens (tertiary/aromatic N) is 2. The zero-order chi connectivity index (χ0) is 13.1. The first-order chi connectivity index (χ1) is 8.58. The molecule has 0 fully saturated rings. The first-order valence-corrected chi connectivity index (χ1v) is 6.44. The predicted octanol–water partition coefficient (Wildman–Crippen LogP) is 3.61. The van der Waals surface area contributed by atoms with Gasteiger partial charge in [-0.25, -0.2) is 4.98 Å². The first-order valence-electron chi connectivity index (χ1n) is 4.83. The molecule has 0 radical (unpaired) electrons. The van der Waals surface area contributed by atoms with Crippen LogP contribution in [-0.4, -0.2) is 15.0 Å². The molecule has 0 atom stereocenters. The molecule has 0 saturated heterocycles. The molecule has 18 heavy (non-hydrogen) atoms. The Kier molecular flexibility index (Phi) is 3.83. The van der Waals surface area contributed by atoms with Crippen LogP contribution in [0.3, 0.4) is 0 Å². The second-order valence-electron chi connectivity index (χ2n) is 3.30. The van der Waals surface area contributed by atoms with E-state index in [1.54, 1.807) is 18.2 Å². The molecule has 0 aliphatic rings. The highest BCUT2D eigenvalue weighted by Gasteiger charge is 2.18. The molecule has 0 unspecified atom stereocenters. The summed E-state index contributed by atoms with van der Waals surface area (Å²) >= 11 is 4.19. The van der Waals surface area contributed by atoms with Gasteiger partial charge in [0.1, 0.15) is 5.75 Å². The van der Waals surface area contributed by atoms with Crippen LogP contribution in [0.5, 0.6) is 5.75 Å². The minimum atomic E-state index is -0.500. The maximum absolute atomic E-state index is 10.9. The van der Waals surface area contributed by atoms with Gasteiger partial charge in [-0.05, 0) is 28.1 Å². The Morgan fingerprint density at radius 3 is 2.78 bits per heavy atom. The first kappa shape index (κ1) is 12.8. The van der Waals surface area contributed by atoms with Crippen molar-refractivity contribution in [2.24, 2.45) is 0 Å². The normalized spacial score (nSPS) is 10.3. The van der Waals surface area contributed by atoms with E-state index in [0.29, 0.717) is 9.37 Å². The van der Waals surface area contributed by atoms with Crippen molar-refractivity contribution in [1.29, 1.82) is 0 Å². The van der Waals surface area contributed by atoms with E-state index in [-0.39, 0.29) is 16.5 Å². The fraction of sp³-hybridized carbons (Fsp3) is 0. The molecule has 2 rings (SSSR count). The molecule has 1 heterocycles. The van der Waals surface area contributed by atoms with Crippen molar-refractivity contribution >= 4 is 33.4 Å². The largest absolute Gasteiger partial charge is 0.507 e. The molecule has 0 amide bonds. The van der Waals surface area contributed by atoms with E-state index >= 15 is 0 Å². The van der Waals surface area contributed by atoms with Gasteiger partial charge in [0.15, 0.2) is 5.03 Å². The van der Waals surface area contributed by atoms with Crippen LogP contribution in [0.1, 0.15) is 0 Å². The third kappa shape index (κ3) is 2.80. The summed E-state index contributed by atoms with van der Waals surface area (Å²) < 4.78 is 0.538. The molecular weight excluding hydrogens is 320 g/mol. The molecule has 0 bridgehead atoms. The summed E-state index contributed by atoms with van der Waals surface area (Å²) in [4.78, 5) is 14.9. The van der Waals surface area contributed by atoms with Crippen molar-refractivity contribution < 1.29 is 10.0 Å². The molecule has 7 heteroatoms. The van der Waals surface area contributed by atoms with Crippen LogP contribution < -0.4 is 0 Å². The third-order valence-electron chi connectivity index (χ3n) is 2.07. The van der Waals surface area contributed by atoms with E-state index in [2.05, 4.69) is 20.9 Å². The number of aromatic nitrogens is 1. The summed E-state index contributed by atoms with van der Waals surface area (Å²) in [6.07, 6.45) is 1.48. The molecule has 5 nitrogen and oxygen atoms in total.